The summed E-state index contributed by atoms with van der Waals surface area (Å²) in [6.45, 7) is 3.44. The maximum Gasteiger partial charge on any atom is 0.246 e. The number of hydrogen-bond acceptors (Lipinski definition) is 4. The van der Waals surface area contributed by atoms with Crippen molar-refractivity contribution in [2.24, 2.45) is 0 Å². The number of para-hydroxylation sites is 1. The number of methoxy groups -OCH3 is 1. The number of halogens is 1. The summed E-state index contributed by atoms with van der Waals surface area (Å²) in [4.78, 5) is 16.6. The molecule has 0 saturated carbocycles. The van der Waals surface area contributed by atoms with Crippen molar-refractivity contribution >= 4 is 12.0 Å². The van der Waals surface area contributed by atoms with Crippen molar-refractivity contribution in [3.8, 4) is 11.4 Å². The lowest BCUT2D eigenvalue weighted by molar-refractivity contribution is -0.127. The first kappa shape index (κ1) is 20.8. The second-order valence-corrected chi connectivity index (χ2v) is 7.46. The van der Waals surface area contributed by atoms with Crippen LogP contribution in [0.25, 0.3) is 11.8 Å². The average Bonchev–Trinajstić information content (AvgIpc) is 3.28. The van der Waals surface area contributed by atoms with Gasteiger partial charge in [0.1, 0.15) is 0 Å². The number of piperazine rings is 1. The summed E-state index contributed by atoms with van der Waals surface area (Å²) in [5.74, 6) is -0.114. The number of amides is 1. The summed E-state index contributed by atoms with van der Waals surface area (Å²) in [7, 11) is 1.46. The molecule has 1 aromatic heterocycles. The van der Waals surface area contributed by atoms with E-state index in [4.69, 9.17) is 4.74 Å². The minimum atomic E-state index is -0.352. The van der Waals surface area contributed by atoms with Crippen LogP contribution in [-0.2, 0) is 11.3 Å². The topological polar surface area (TPSA) is 50.6 Å². The summed E-state index contributed by atoms with van der Waals surface area (Å²) >= 11 is 0. The fourth-order valence-electron chi connectivity index (χ4n) is 3.61. The van der Waals surface area contributed by atoms with E-state index in [1.165, 1.54) is 13.2 Å². The molecule has 3 aromatic rings. The van der Waals surface area contributed by atoms with Crippen LogP contribution < -0.4 is 4.74 Å². The molecule has 2 aromatic carbocycles. The first-order valence-corrected chi connectivity index (χ1v) is 10.2. The Kier molecular flexibility index (Phi) is 6.43. The van der Waals surface area contributed by atoms with Crippen LogP contribution in [0.5, 0.6) is 5.75 Å². The summed E-state index contributed by atoms with van der Waals surface area (Å²) in [5, 5.41) is 4.34. The van der Waals surface area contributed by atoms with E-state index in [9.17, 15) is 9.18 Å². The highest BCUT2D eigenvalue weighted by atomic mass is 19.1. The molecule has 0 unspecified atom stereocenters. The first-order chi connectivity index (χ1) is 15.1. The van der Waals surface area contributed by atoms with Crippen LogP contribution in [0.1, 0.15) is 11.1 Å². The minimum Gasteiger partial charge on any atom is -0.494 e. The fraction of sp³-hybridized carbons (Fsp3) is 0.250. The fourth-order valence-corrected chi connectivity index (χ4v) is 3.61. The zero-order valence-electron chi connectivity index (χ0n) is 17.4. The molecule has 0 spiro atoms. The van der Waals surface area contributed by atoms with Gasteiger partial charge in [-0.05, 0) is 35.9 Å². The van der Waals surface area contributed by atoms with E-state index in [2.05, 4.69) is 10.00 Å². The van der Waals surface area contributed by atoms with E-state index in [-0.39, 0.29) is 17.5 Å². The molecule has 0 bridgehead atoms. The Bertz CT molecular complexity index is 1060. The molecule has 4 rings (SSSR count). The van der Waals surface area contributed by atoms with Crippen molar-refractivity contribution in [1.29, 1.82) is 0 Å². The van der Waals surface area contributed by atoms with Crippen LogP contribution in [-0.4, -0.2) is 58.8 Å². The third-order valence-electron chi connectivity index (χ3n) is 5.35. The number of rotatable bonds is 6. The zero-order chi connectivity index (χ0) is 21.6. The Labute approximate surface area is 181 Å². The number of aromatic nitrogens is 2. The van der Waals surface area contributed by atoms with E-state index < -0.39 is 0 Å². The summed E-state index contributed by atoms with van der Waals surface area (Å²) < 4.78 is 20.6. The van der Waals surface area contributed by atoms with Gasteiger partial charge >= 0.3 is 0 Å². The van der Waals surface area contributed by atoms with Gasteiger partial charge in [-0.1, -0.05) is 24.3 Å². The molecule has 1 saturated heterocycles. The largest absolute Gasteiger partial charge is 0.494 e. The summed E-state index contributed by atoms with van der Waals surface area (Å²) in [6, 6.07) is 14.9. The van der Waals surface area contributed by atoms with Crippen LogP contribution >= 0.6 is 0 Å². The number of nitrogens with zero attached hydrogens (tertiary/aromatic N) is 4. The molecule has 31 heavy (non-hydrogen) atoms. The third-order valence-corrected chi connectivity index (χ3v) is 5.35. The van der Waals surface area contributed by atoms with Crippen LogP contribution in [0, 0.1) is 5.82 Å². The van der Waals surface area contributed by atoms with Crippen molar-refractivity contribution in [3.63, 3.8) is 0 Å². The zero-order valence-corrected chi connectivity index (χ0v) is 17.4. The highest BCUT2D eigenvalue weighted by Gasteiger charge is 2.20. The van der Waals surface area contributed by atoms with Gasteiger partial charge in [0.15, 0.2) is 11.6 Å². The normalized spacial score (nSPS) is 14.8. The van der Waals surface area contributed by atoms with Gasteiger partial charge in [0.25, 0.3) is 0 Å². The van der Waals surface area contributed by atoms with Crippen molar-refractivity contribution in [2.75, 3.05) is 33.3 Å². The van der Waals surface area contributed by atoms with Gasteiger partial charge in [-0.15, -0.1) is 0 Å². The first-order valence-electron chi connectivity index (χ1n) is 10.2. The summed E-state index contributed by atoms with van der Waals surface area (Å²) in [6.07, 6.45) is 7.02. The van der Waals surface area contributed by atoms with Crippen LogP contribution in [0.4, 0.5) is 4.39 Å². The molecular formula is C24H25FN4O2. The second-order valence-electron chi connectivity index (χ2n) is 7.46. The Morgan fingerprint density at radius 2 is 1.90 bits per heavy atom. The van der Waals surface area contributed by atoms with Crippen LogP contribution in [0.3, 0.4) is 0 Å². The maximum absolute atomic E-state index is 13.9. The lowest BCUT2D eigenvalue weighted by Gasteiger charge is -2.34. The number of hydrogen-bond donors (Lipinski definition) is 0. The van der Waals surface area contributed by atoms with Gasteiger partial charge in [0.05, 0.1) is 19.0 Å². The number of carbonyl (C=O) groups is 1. The third kappa shape index (κ3) is 5.19. The predicted octanol–water partition coefficient (Wildman–Crippen LogP) is 3.38. The smallest absolute Gasteiger partial charge is 0.246 e. The molecule has 7 heteroatoms. The molecular weight excluding hydrogens is 395 g/mol. The molecule has 1 fully saturated rings. The predicted molar refractivity (Wildman–Crippen MR) is 117 cm³/mol. The lowest BCUT2D eigenvalue weighted by Crippen LogP contribution is -2.47. The van der Waals surface area contributed by atoms with Crippen molar-refractivity contribution in [3.05, 3.63) is 83.9 Å². The summed E-state index contributed by atoms with van der Waals surface area (Å²) in [5.41, 5.74) is 2.74. The average molecular weight is 420 g/mol. The molecule has 160 valence electrons. The molecule has 1 aliphatic rings. The minimum absolute atomic E-state index is 0.0115. The van der Waals surface area contributed by atoms with Gasteiger partial charge in [-0.2, -0.15) is 5.10 Å². The standard InChI is InChI=1S/C24H25FN4O2/c1-31-23-9-7-19(15-22(23)25)17-27-11-13-28(14-12-27)24(30)10-8-20-16-26-29(18-20)21-5-3-2-4-6-21/h2-10,15-16,18H,11-14,17H2,1H3/b10-8+. The molecule has 0 atom stereocenters. The molecule has 1 aliphatic heterocycles. The Morgan fingerprint density at radius 1 is 1.13 bits per heavy atom. The van der Waals surface area contributed by atoms with Crippen molar-refractivity contribution in [1.82, 2.24) is 19.6 Å². The Morgan fingerprint density at radius 3 is 2.61 bits per heavy atom. The van der Waals surface area contributed by atoms with Crippen LogP contribution in [0.15, 0.2) is 67.0 Å². The molecule has 0 aliphatic carbocycles. The van der Waals surface area contributed by atoms with E-state index in [1.54, 1.807) is 29.1 Å². The highest BCUT2D eigenvalue weighted by Crippen LogP contribution is 2.19. The van der Waals surface area contributed by atoms with E-state index in [0.717, 1.165) is 29.9 Å². The molecule has 0 N–H and O–H groups in total. The number of ether oxygens (including phenoxy) is 1. The van der Waals surface area contributed by atoms with E-state index in [0.29, 0.717) is 19.6 Å². The SMILES string of the molecule is COc1ccc(CN2CCN(C(=O)/C=C/c3cnn(-c4ccccc4)c3)CC2)cc1F. The molecule has 2 heterocycles. The van der Waals surface area contributed by atoms with Gasteiger partial charge in [0, 0.05) is 50.6 Å². The monoisotopic (exact) mass is 420 g/mol. The highest BCUT2D eigenvalue weighted by molar-refractivity contribution is 5.91. The van der Waals surface area contributed by atoms with Gasteiger partial charge in [0.2, 0.25) is 5.91 Å². The number of benzene rings is 2. The quantitative estimate of drug-likeness (QED) is 0.574. The van der Waals surface area contributed by atoms with Gasteiger partial charge in [-0.3, -0.25) is 9.69 Å². The van der Waals surface area contributed by atoms with Gasteiger partial charge in [-0.25, -0.2) is 9.07 Å². The molecule has 0 radical (unpaired) electrons. The Balaban J connectivity index is 1.28. The van der Waals surface area contributed by atoms with Crippen molar-refractivity contribution in [2.45, 2.75) is 6.54 Å². The van der Waals surface area contributed by atoms with Crippen LogP contribution in [0.2, 0.25) is 0 Å². The lowest BCUT2D eigenvalue weighted by atomic mass is 10.1. The molecule has 1 amide bonds. The number of carbonyl (C=O) groups excluding carboxylic acids is 1. The molecule has 6 nitrogen and oxygen atoms in total. The second kappa shape index (κ2) is 9.57. The van der Waals surface area contributed by atoms with Crippen molar-refractivity contribution < 1.29 is 13.9 Å². The maximum atomic E-state index is 13.9. The van der Waals surface area contributed by atoms with E-state index in [1.807, 2.05) is 47.5 Å². The van der Waals surface area contributed by atoms with Gasteiger partial charge < -0.3 is 9.64 Å². The Hall–Kier alpha value is -3.45. The van der Waals surface area contributed by atoms with E-state index >= 15 is 0 Å².